The third kappa shape index (κ3) is 5.36. The summed E-state index contributed by atoms with van der Waals surface area (Å²) in [6, 6.07) is 1.32. The number of fused-ring (bicyclic) bond motifs is 1. The minimum atomic E-state index is -0.227. The van der Waals surface area contributed by atoms with Crippen LogP contribution in [0.15, 0.2) is 35.8 Å². The molecule has 1 aliphatic carbocycles. The van der Waals surface area contributed by atoms with Crippen LogP contribution in [0, 0.1) is 0 Å². The molecule has 0 aromatic rings. The molecule has 6 unspecified atom stereocenters. The summed E-state index contributed by atoms with van der Waals surface area (Å²) in [4.78, 5) is 7.71. The summed E-state index contributed by atoms with van der Waals surface area (Å²) in [5.41, 5.74) is 1.15. The zero-order valence-electron chi connectivity index (χ0n) is 23.2. The maximum Gasteiger partial charge on any atom is 0.206 e. The molecule has 0 radical (unpaired) electrons. The Labute approximate surface area is 232 Å². The molecule has 0 spiro atoms. The van der Waals surface area contributed by atoms with Crippen LogP contribution in [0.5, 0.6) is 0 Å². The van der Waals surface area contributed by atoms with Crippen LogP contribution in [0.3, 0.4) is 0 Å². The second-order valence-corrected chi connectivity index (χ2v) is 11.8. The first-order valence-corrected chi connectivity index (χ1v) is 15.2. The molecule has 216 valence electrons. The Bertz CT molecular complexity index is 941. The first-order chi connectivity index (χ1) is 19.3. The first-order valence-electron chi connectivity index (χ1n) is 15.2. The second-order valence-electron chi connectivity index (χ2n) is 11.8. The molecule has 0 aromatic heterocycles. The molecular weight excluding hydrogens is 496 g/mol. The SMILES string of the molecule is CCC1NC2C=CC=CC2N1C1NC2=C(NC(OC3CCN(C4CCOCC4)CC3)N2)C(N2CCOCC2)N1. The molecule has 4 fully saturated rings. The fourth-order valence-electron chi connectivity index (χ4n) is 7.41. The van der Waals surface area contributed by atoms with E-state index in [2.05, 4.69) is 72.5 Å². The second kappa shape index (κ2) is 11.7. The Morgan fingerprint density at radius 2 is 1.62 bits per heavy atom. The van der Waals surface area contributed by atoms with Gasteiger partial charge in [0.25, 0.3) is 0 Å². The van der Waals surface area contributed by atoms with Crippen LogP contribution in [0.1, 0.15) is 39.0 Å². The molecule has 4 saturated heterocycles. The van der Waals surface area contributed by atoms with Gasteiger partial charge in [-0.05, 0) is 32.1 Å². The zero-order valence-corrected chi connectivity index (χ0v) is 23.2. The Morgan fingerprint density at radius 1 is 0.846 bits per heavy atom. The van der Waals surface area contributed by atoms with Gasteiger partial charge in [-0.3, -0.25) is 15.5 Å². The monoisotopic (exact) mass is 542 g/mol. The van der Waals surface area contributed by atoms with Crippen LogP contribution >= 0.6 is 0 Å². The number of ether oxygens (including phenoxy) is 3. The van der Waals surface area contributed by atoms with Gasteiger partial charge in [0.2, 0.25) is 6.35 Å². The molecule has 39 heavy (non-hydrogen) atoms. The Morgan fingerprint density at radius 3 is 2.41 bits per heavy atom. The molecule has 5 N–H and O–H groups in total. The van der Waals surface area contributed by atoms with E-state index >= 15 is 0 Å². The molecule has 7 aliphatic rings. The van der Waals surface area contributed by atoms with E-state index in [0.717, 1.165) is 96.2 Å². The van der Waals surface area contributed by atoms with E-state index in [-0.39, 0.29) is 31.1 Å². The van der Waals surface area contributed by atoms with Gasteiger partial charge in [0.05, 0.1) is 37.2 Å². The standard InChI is InChI=1S/C28H46N8O3/c1-2-23-29-21-5-3-4-6-22(21)36(23)27-31-25-24(26(33-27)35-13-17-38-18-14-35)30-28(32-25)39-20-7-11-34(12-8-20)19-9-15-37-16-10-19/h3-6,19-23,26-33H,2,7-18H2,1H3. The van der Waals surface area contributed by atoms with Gasteiger partial charge in [0.15, 0.2) is 0 Å². The van der Waals surface area contributed by atoms with E-state index in [1.54, 1.807) is 0 Å². The smallest absolute Gasteiger partial charge is 0.206 e. The van der Waals surface area contributed by atoms with Gasteiger partial charge in [-0.1, -0.05) is 31.2 Å². The third-order valence-corrected chi connectivity index (χ3v) is 9.50. The predicted molar refractivity (Wildman–Crippen MR) is 148 cm³/mol. The number of piperidine rings is 1. The van der Waals surface area contributed by atoms with Crippen molar-refractivity contribution in [2.24, 2.45) is 0 Å². The minimum absolute atomic E-state index is 0.0176. The Kier molecular flexibility index (Phi) is 7.83. The average Bonchev–Trinajstić information content (AvgIpc) is 3.58. The molecule has 0 bridgehead atoms. The number of rotatable bonds is 6. The Balaban J connectivity index is 1.03. The van der Waals surface area contributed by atoms with Crippen LogP contribution in [0.25, 0.3) is 0 Å². The van der Waals surface area contributed by atoms with Crippen molar-refractivity contribution in [3.63, 3.8) is 0 Å². The molecule has 0 amide bonds. The molecular formula is C28H46N8O3. The number of likely N-dealkylation sites (tertiary alicyclic amines) is 1. The lowest BCUT2D eigenvalue weighted by Crippen LogP contribution is -2.68. The van der Waals surface area contributed by atoms with Crippen molar-refractivity contribution < 1.29 is 14.2 Å². The number of morpholine rings is 1. The number of allylic oxidation sites excluding steroid dienone is 2. The molecule has 11 heteroatoms. The average molecular weight is 543 g/mol. The zero-order chi connectivity index (χ0) is 26.2. The van der Waals surface area contributed by atoms with Gasteiger partial charge in [-0.15, -0.1) is 0 Å². The normalized spacial score (nSPS) is 38.8. The van der Waals surface area contributed by atoms with Crippen molar-refractivity contribution in [2.75, 3.05) is 52.6 Å². The summed E-state index contributed by atoms with van der Waals surface area (Å²) < 4.78 is 17.9. The molecule has 0 saturated carbocycles. The molecule has 6 atom stereocenters. The number of hydrogen-bond acceptors (Lipinski definition) is 11. The third-order valence-electron chi connectivity index (χ3n) is 9.50. The fraction of sp³-hybridized carbons (Fsp3) is 0.786. The van der Waals surface area contributed by atoms with Gasteiger partial charge in [0.1, 0.15) is 18.3 Å². The van der Waals surface area contributed by atoms with Crippen molar-refractivity contribution >= 4 is 0 Å². The molecule has 0 aromatic carbocycles. The van der Waals surface area contributed by atoms with Gasteiger partial charge < -0.3 is 35.1 Å². The summed E-state index contributed by atoms with van der Waals surface area (Å²) in [7, 11) is 0. The highest BCUT2D eigenvalue weighted by Gasteiger charge is 2.47. The maximum absolute atomic E-state index is 6.63. The highest BCUT2D eigenvalue weighted by atomic mass is 16.5. The summed E-state index contributed by atoms with van der Waals surface area (Å²) in [6.45, 7) is 9.62. The highest BCUT2D eigenvalue weighted by Crippen LogP contribution is 2.29. The maximum atomic E-state index is 6.63. The van der Waals surface area contributed by atoms with E-state index in [1.165, 1.54) is 0 Å². The summed E-state index contributed by atoms with van der Waals surface area (Å²) in [5.74, 6) is 1.05. The first kappa shape index (κ1) is 26.2. The van der Waals surface area contributed by atoms with E-state index in [4.69, 9.17) is 14.2 Å². The number of hydrogen-bond donors (Lipinski definition) is 5. The van der Waals surface area contributed by atoms with Gasteiger partial charge in [0, 0.05) is 51.5 Å². The minimum Gasteiger partial charge on any atom is -0.381 e. The topological polar surface area (TPSA) is 97.6 Å². The van der Waals surface area contributed by atoms with Crippen LogP contribution < -0.4 is 26.6 Å². The van der Waals surface area contributed by atoms with Crippen molar-refractivity contribution in [3.8, 4) is 0 Å². The lowest BCUT2D eigenvalue weighted by Gasteiger charge is -2.45. The van der Waals surface area contributed by atoms with Crippen LogP contribution in [-0.4, -0.2) is 117 Å². The lowest BCUT2D eigenvalue weighted by atomic mass is 10.0. The van der Waals surface area contributed by atoms with Gasteiger partial charge in [-0.2, -0.15) is 0 Å². The van der Waals surface area contributed by atoms with E-state index in [0.29, 0.717) is 18.1 Å². The van der Waals surface area contributed by atoms with Crippen molar-refractivity contribution in [2.45, 2.75) is 88.2 Å². The summed E-state index contributed by atoms with van der Waals surface area (Å²) in [5, 5.41) is 19.0. The van der Waals surface area contributed by atoms with E-state index < -0.39 is 0 Å². The van der Waals surface area contributed by atoms with Gasteiger partial charge >= 0.3 is 0 Å². The van der Waals surface area contributed by atoms with Crippen LogP contribution in [-0.2, 0) is 14.2 Å². The van der Waals surface area contributed by atoms with Gasteiger partial charge in [-0.25, -0.2) is 4.90 Å². The largest absolute Gasteiger partial charge is 0.381 e. The Hall–Kier alpha value is -1.70. The van der Waals surface area contributed by atoms with E-state index in [9.17, 15) is 0 Å². The molecule has 6 aliphatic heterocycles. The van der Waals surface area contributed by atoms with Crippen molar-refractivity contribution in [1.29, 1.82) is 0 Å². The van der Waals surface area contributed by atoms with Crippen molar-refractivity contribution in [3.05, 3.63) is 35.8 Å². The molecule has 6 heterocycles. The highest BCUT2D eigenvalue weighted by molar-refractivity contribution is 5.28. The summed E-state index contributed by atoms with van der Waals surface area (Å²) >= 11 is 0. The summed E-state index contributed by atoms with van der Waals surface area (Å²) in [6.07, 6.45) is 14.8. The predicted octanol–water partition coefficient (Wildman–Crippen LogP) is -0.0689. The van der Waals surface area contributed by atoms with Crippen LogP contribution in [0.4, 0.5) is 0 Å². The number of nitrogens with zero attached hydrogens (tertiary/aromatic N) is 3. The van der Waals surface area contributed by atoms with E-state index in [1.807, 2.05) is 0 Å². The lowest BCUT2D eigenvalue weighted by molar-refractivity contribution is -0.0692. The number of nitrogens with one attached hydrogen (secondary N) is 5. The van der Waals surface area contributed by atoms with Crippen LogP contribution in [0.2, 0.25) is 0 Å². The molecule has 7 rings (SSSR count). The molecule has 11 nitrogen and oxygen atoms in total. The van der Waals surface area contributed by atoms with Crippen molar-refractivity contribution in [1.82, 2.24) is 41.3 Å². The fourth-order valence-corrected chi connectivity index (χ4v) is 7.41. The quantitative estimate of drug-likeness (QED) is 0.312.